The molecule has 0 aliphatic heterocycles. The molecule has 0 N–H and O–H groups in total. The molecule has 2 unspecified atom stereocenters. The van der Waals surface area contributed by atoms with Gasteiger partial charge in [0.15, 0.2) is 0 Å². The van der Waals surface area contributed by atoms with Crippen molar-refractivity contribution in [3.63, 3.8) is 0 Å². The molecular formula is C8H8Cl2O. The Morgan fingerprint density at radius 2 is 1.45 bits per heavy atom. The van der Waals surface area contributed by atoms with Crippen molar-refractivity contribution in [2.24, 2.45) is 0 Å². The lowest BCUT2D eigenvalue weighted by atomic mass is 10.4. The van der Waals surface area contributed by atoms with Gasteiger partial charge in [-0.1, -0.05) is 11.8 Å². The van der Waals surface area contributed by atoms with Crippen LogP contribution in [0.4, 0.5) is 0 Å². The first-order chi connectivity index (χ1) is 5.28. The van der Waals surface area contributed by atoms with E-state index in [1.165, 1.54) is 0 Å². The Labute approximate surface area is 77.0 Å². The molecule has 0 aromatic heterocycles. The van der Waals surface area contributed by atoms with E-state index in [-0.39, 0.29) is 11.8 Å². The van der Waals surface area contributed by atoms with E-state index >= 15 is 0 Å². The minimum absolute atomic E-state index is 0.228. The predicted molar refractivity (Wildman–Crippen MR) is 47.8 cm³/mol. The Hall–Kier alpha value is -0.340. The summed E-state index contributed by atoms with van der Waals surface area (Å²) in [5.41, 5.74) is 0. The Bertz CT molecular complexity index is 158. The largest absolute Gasteiger partial charge is 0.347 e. The number of hydrogen-bond acceptors (Lipinski definition) is 1. The molecule has 0 bridgehead atoms. The molecule has 0 spiro atoms. The lowest BCUT2D eigenvalue weighted by Gasteiger charge is -2.12. The molecule has 0 rings (SSSR count). The van der Waals surface area contributed by atoms with Gasteiger partial charge in [-0.25, -0.2) is 0 Å². The Morgan fingerprint density at radius 3 is 1.64 bits per heavy atom. The Morgan fingerprint density at radius 1 is 1.09 bits per heavy atom. The number of halogens is 2. The van der Waals surface area contributed by atoms with Crippen LogP contribution < -0.4 is 0 Å². The maximum absolute atomic E-state index is 5.45. The Balaban J connectivity index is 3.82. The van der Waals surface area contributed by atoms with E-state index in [0.717, 1.165) is 0 Å². The maximum atomic E-state index is 5.45. The summed E-state index contributed by atoms with van der Waals surface area (Å²) in [5, 5.41) is 0. The lowest BCUT2D eigenvalue weighted by molar-refractivity contribution is 0.0784. The van der Waals surface area contributed by atoms with Crippen LogP contribution in [0.2, 0.25) is 0 Å². The minimum atomic E-state index is -0.448. The normalized spacial score (nSPS) is 14.5. The third kappa shape index (κ3) is 4.17. The van der Waals surface area contributed by atoms with Crippen LogP contribution in [-0.4, -0.2) is 24.0 Å². The third-order valence-electron chi connectivity index (χ3n) is 0.981. The topological polar surface area (TPSA) is 9.23 Å². The molecule has 2 atom stereocenters. The molecule has 0 saturated carbocycles. The van der Waals surface area contributed by atoms with Crippen molar-refractivity contribution in [2.45, 2.75) is 12.2 Å². The molecule has 0 aliphatic rings. The molecule has 0 amide bonds. The van der Waals surface area contributed by atoms with Crippen LogP contribution in [0.3, 0.4) is 0 Å². The number of ether oxygens (including phenoxy) is 1. The van der Waals surface area contributed by atoms with E-state index in [9.17, 15) is 0 Å². The van der Waals surface area contributed by atoms with Crippen LogP contribution in [0, 0.1) is 24.7 Å². The van der Waals surface area contributed by atoms with E-state index in [2.05, 4.69) is 11.8 Å². The molecular weight excluding hydrogens is 183 g/mol. The number of alkyl halides is 2. The number of rotatable bonds is 4. The summed E-state index contributed by atoms with van der Waals surface area (Å²) in [6.45, 7) is 0. The lowest BCUT2D eigenvalue weighted by Crippen LogP contribution is -2.22. The molecule has 0 aliphatic carbocycles. The minimum Gasteiger partial charge on any atom is -0.347 e. The van der Waals surface area contributed by atoms with Crippen molar-refractivity contribution >= 4 is 23.2 Å². The number of hydrogen-bond donors (Lipinski definition) is 0. The van der Waals surface area contributed by atoms with Crippen molar-refractivity contribution in [2.75, 3.05) is 11.8 Å². The van der Waals surface area contributed by atoms with Gasteiger partial charge in [0.1, 0.15) is 12.2 Å². The summed E-state index contributed by atoms with van der Waals surface area (Å²) < 4.78 is 5.11. The van der Waals surface area contributed by atoms with Crippen molar-refractivity contribution in [3.05, 3.63) is 0 Å². The number of terminal acetylenes is 2. The average molecular weight is 191 g/mol. The second-order valence-corrected chi connectivity index (χ2v) is 2.37. The standard InChI is InChI=1S/C8H8Cl2O/c1-3-7(5-9)11-8(4-2)6-10/h1-2,7-8H,5-6H2. The quantitative estimate of drug-likeness (QED) is 0.483. The SMILES string of the molecule is C#CC(CCl)OC(C#C)CCl. The van der Waals surface area contributed by atoms with Crippen LogP contribution in [0.1, 0.15) is 0 Å². The first kappa shape index (κ1) is 10.7. The molecule has 11 heavy (non-hydrogen) atoms. The summed E-state index contributed by atoms with van der Waals surface area (Å²) in [4.78, 5) is 0. The molecule has 0 saturated heterocycles. The second kappa shape index (κ2) is 6.38. The van der Waals surface area contributed by atoms with Crippen LogP contribution in [0.25, 0.3) is 0 Å². The van der Waals surface area contributed by atoms with Gasteiger partial charge in [-0.05, 0) is 0 Å². The molecule has 0 heterocycles. The highest BCUT2D eigenvalue weighted by atomic mass is 35.5. The summed E-state index contributed by atoms with van der Waals surface area (Å²) in [7, 11) is 0. The molecule has 1 nitrogen and oxygen atoms in total. The first-order valence-corrected chi connectivity index (χ1v) is 4.05. The highest BCUT2D eigenvalue weighted by Gasteiger charge is 2.09. The fourth-order valence-electron chi connectivity index (χ4n) is 0.439. The summed E-state index contributed by atoms with van der Waals surface area (Å²) in [5.74, 6) is 5.14. The monoisotopic (exact) mass is 190 g/mol. The van der Waals surface area contributed by atoms with E-state index in [4.69, 9.17) is 40.8 Å². The molecule has 0 aromatic rings. The van der Waals surface area contributed by atoms with Crippen LogP contribution in [0.5, 0.6) is 0 Å². The zero-order valence-electron chi connectivity index (χ0n) is 5.89. The van der Waals surface area contributed by atoms with Gasteiger partial charge < -0.3 is 4.74 Å². The molecule has 3 heteroatoms. The van der Waals surface area contributed by atoms with Crippen molar-refractivity contribution in [1.29, 1.82) is 0 Å². The van der Waals surface area contributed by atoms with E-state index in [1.54, 1.807) is 0 Å². The zero-order valence-corrected chi connectivity index (χ0v) is 7.40. The van der Waals surface area contributed by atoms with Crippen molar-refractivity contribution in [3.8, 4) is 24.7 Å². The average Bonchev–Trinajstić information content (AvgIpc) is 2.07. The summed E-state index contributed by atoms with van der Waals surface area (Å²) in [6.07, 6.45) is 9.24. The fraction of sp³-hybridized carbons (Fsp3) is 0.500. The molecule has 0 radical (unpaired) electrons. The van der Waals surface area contributed by atoms with Gasteiger partial charge >= 0.3 is 0 Å². The smallest absolute Gasteiger partial charge is 0.133 e. The predicted octanol–water partition coefficient (Wildman–Crippen LogP) is 1.48. The van der Waals surface area contributed by atoms with Crippen molar-refractivity contribution < 1.29 is 4.74 Å². The van der Waals surface area contributed by atoms with Gasteiger partial charge in [0.2, 0.25) is 0 Å². The highest BCUT2D eigenvalue weighted by molar-refractivity contribution is 6.18. The van der Waals surface area contributed by atoms with Crippen LogP contribution >= 0.6 is 23.2 Å². The molecule has 0 aromatic carbocycles. The molecule has 60 valence electrons. The van der Waals surface area contributed by atoms with E-state index in [0.29, 0.717) is 0 Å². The Kier molecular flexibility index (Phi) is 6.18. The zero-order chi connectivity index (χ0) is 8.69. The fourth-order valence-corrected chi connectivity index (χ4v) is 0.762. The van der Waals surface area contributed by atoms with E-state index in [1.807, 2.05) is 0 Å². The van der Waals surface area contributed by atoms with Crippen LogP contribution in [-0.2, 0) is 4.74 Å². The van der Waals surface area contributed by atoms with Gasteiger partial charge in [0.05, 0.1) is 11.8 Å². The highest BCUT2D eigenvalue weighted by Crippen LogP contribution is 2.01. The molecule has 0 fully saturated rings. The van der Waals surface area contributed by atoms with Gasteiger partial charge in [0, 0.05) is 0 Å². The van der Waals surface area contributed by atoms with Gasteiger partial charge in [0.25, 0.3) is 0 Å². The summed E-state index contributed by atoms with van der Waals surface area (Å²) >= 11 is 10.9. The van der Waals surface area contributed by atoms with Gasteiger partial charge in [-0.2, -0.15) is 0 Å². The van der Waals surface area contributed by atoms with Crippen molar-refractivity contribution in [1.82, 2.24) is 0 Å². The second-order valence-electron chi connectivity index (χ2n) is 1.76. The van der Waals surface area contributed by atoms with Crippen LogP contribution in [0.15, 0.2) is 0 Å². The summed E-state index contributed by atoms with van der Waals surface area (Å²) in [6, 6.07) is 0. The first-order valence-electron chi connectivity index (χ1n) is 2.98. The maximum Gasteiger partial charge on any atom is 0.133 e. The van der Waals surface area contributed by atoms with Gasteiger partial charge in [-0.3, -0.25) is 0 Å². The van der Waals surface area contributed by atoms with E-state index < -0.39 is 12.2 Å². The van der Waals surface area contributed by atoms with Gasteiger partial charge in [-0.15, -0.1) is 36.0 Å². The third-order valence-corrected chi connectivity index (χ3v) is 1.54.